The van der Waals surface area contributed by atoms with Crippen molar-refractivity contribution in [3.63, 3.8) is 0 Å². The maximum absolute atomic E-state index is 12.5. The number of rotatable bonds is 3. The van der Waals surface area contributed by atoms with Crippen LogP contribution >= 0.6 is 15.9 Å². The highest BCUT2D eigenvalue weighted by Gasteiger charge is 2.25. The van der Waals surface area contributed by atoms with E-state index in [1.165, 1.54) is 0 Å². The van der Waals surface area contributed by atoms with Gasteiger partial charge in [-0.1, -0.05) is 18.2 Å². The Labute approximate surface area is 147 Å². The third-order valence-electron chi connectivity index (χ3n) is 3.95. The molecule has 0 amide bonds. The number of carbonyl (C=O) groups excluding carboxylic acids is 1. The molecule has 0 atom stereocenters. The minimum atomic E-state index is -0.455. The number of phenolic OH excluding ortho intramolecular Hbond substituents is 1. The first-order valence-electron chi connectivity index (χ1n) is 7.51. The summed E-state index contributed by atoms with van der Waals surface area (Å²) >= 11 is 3.32. The molecule has 0 saturated carbocycles. The van der Waals surface area contributed by atoms with E-state index >= 15 is 0 Å². The SMILES string of the molecule is CCOC(=O)c1c(C)n(-c2ccccc2)c2cc(Br)c(O)c(N)c12. The highest BCUT2D eigenvalue weighted by atomic mass is 79.9. The number of anilines is 1. The van der Waals surface area contributed by atoms with Crippen LogP contribution in [0.15, 0.2) is 40.9 Å². The van der Waals surface area contributed by atoms with E-state index in [9.17, 15) is 9.90 Å². The third kappa shape index (κ3) is 2.43. The second kappa shape index (κ2) is 6.20. The summed E-state index contributed by atoms with van der Waals surface area (Å²) in [5.74, 6) is -0.540. The zero-order chi connectivity index (χ0) is 17.4. The van der Waals surface area contributed by atoms with E-state index in [0.29, 0.717) is 21.1 Å². The van der Waals surface area contributed by atoms with Gasteiger partial charge in [0.1, 0.15) is 0 Å². The van der Waals surface area contributed by atoms with Crippen molar-refractivity contribution < 1.29 is 14.6 Å². The van der Waals surface area contributed by atoms with Gasteiger partial charge in [-0.05, 0) is 48.0 Å². The molecule has 0 fully saturated rings. The molecule has 0 spiro atoms. The summed E-state index contributed by atoms with van der Waals surface area (Å²) in [6, 6.07) is 11.4. The van der Waals surface area contributed by atoms with Gasteiger partial charge >= 0.3 is 5.97 Å². The Balaban J connectivity index is 2.45. The Morgan fingerprint density at radius 3 is 2.62 bits per heavy atom. The zero-order valence-electron chi connectivity index (χ0n) is 13.3. The number of para-hydroxylation sites is 1. The third-order valence-corrected chi connectivity index (χ3v) is 4.56. The lowest BCUT2D eigenvalue weighted by molar-refractivity contribution is 0.0527. The fourth-order valence-corrected chi connectivity index (χ4v) is 3.35. The predicted octanol–water partition coefficient (Wildman–Crippen LogP) is 4.17. The predicted molar refractivity (Wildman–Crippen MR) is 97.7 cm³/mol. The highest BCUT2D eigenvalue weighted by molar-refractivity contribution is 9.10. The van der Waals surface area contributed by atoms with Gasteiger partial charge < -0.3 is 20.1 Å². The van der Waals surface area contributed by atoms with Crippen molar-refractivity contribution in [2.75, 3.05) is 12.3 Å². The average Bonchev–Trinajstić information content (AvgIpc) is 2.86. The zero-order valence-corrected chi connectivity index (χ0v) is 14.9. The summed E-state index contributed by atoms with van der Waals surface area (Å²) in [7, 11) is 0. The fourth-order valence-electron chi connectivity index (χ4n) is 2.92. The highest BCUT2D eigenvalue weighted by Crippen LogP contribution is 2.42. The van der Waals surface area contributed by atoms with Crippen molar-refractivity contribution in [3.05, 3.63) is 52.1 Å². The molecule has 6 heteroatoms. The summed E-state index contributed by atoms with van der Waals surface area (Å²) in [6.07, 6.45) is 0. The second-order valence-corrected chi connectivity index (χ2v) is 6.22. The molecule has 0 aliphatic carbocycles. The van der Waals surface area contributed by atoms with Crippen LogP contribution in [-0.2, 0) is 4.74 Å². The van der Waals surface area contributed by atoms with Gasteiger partial charge in [-0.25, -0.2) is 4.79 Å². The summed E-state index contributed by atoms with van der Waals surface area (Å²) < 4.78 is 7.59. The molecule has 0 aliphatic rings. The quantitative estimate of drug-likeness (QED) is 0.401. The minimum absolute atomic E-state index is 0.0849. The van der Waals surface area contributed by atoms with Crippen LogP contribution < -0.4 is 5.73 Å². The topological polar surface area (TPSA) is 77.5 Å². The molecule has 0 radical (unpaired) electrons. The van der Waals surface area contributed by atoms with Crippen molar-refractivity contribution in [3.8, 4) is 11.4 Å². The lowest BCUT2D eigenvalue weighted by atomic mass is 10.1. The van der Waals surface area contributed by atoms with Crippen LogP contribution in [0.4, 0.5) is 5.69 Å². The lowest BCUT2D eigenvalue weighted by Crippen LogP contribution is -2.07. The van der Waals surface area contributed by atoms with Crippen molar-refractivity contribution in [2.45, 2.75) is 13.8 Å². The first-order valence-corrected chi connectivity index (χ1v) is 8.31. The summed E-state index contributed by atoms with van der Waals surface area (Å²) in [5, 5.41) is 10.7. The molecular formula is C18H17BrN2O3. The van der Waals surface area contributed by atoms with Gasteiger partial charge in [0.15, 0.2) is 5.75 Å². The van der Waals surface area contributed by atoms with Gasteiger partial charge in [-0.15, -0.1) is 0 Å². The number of phenols is 1. The van der Waals surface area contributed by atoms with Gasteiger partial charge in [0, 0.05) is 16.8 Å². The summed E-state index contributed by atoms with van der Waals surface area (Å²) in [4.78, 5) is 12.5. The molecule has 3 N–H and O–H groups in total. The van der Waals surface area contributed by atoms with Crippen molar-refractivity contribution in [2.24, 2.45) is 0 Å². The number of aromatic hydroxyl groups is 1. The molecule has 24 heavy (non-hydrogen) atoms. The summed E-state index contributed by atoms with van der Waals surface area (Å²) in [6.45, 7) is 3.85. The van der Waals surface area contributed by atoms with Gasteiger partial charge in [0.2, 0.25) is 0 Å². The number of nitrogens with zero attached hydrogens (tertiary/aromatic N) is 1. The van der Waals surface area contributed by atoms with Crippen molar-refractivity contribution >= 4 is 38.5 Å². The van der Waals surface area contributed by atoms with Crippen LogP contribution in [0.5, 0.6) is 5.75 Å². The van der Waals surface area contributed by atoms with Crippen LogP contribution in [0, 0.1) is 6.92 Å². The van der Waals surface area contributed by atoms with E-state index in [-0.39, 0.29) is 18.0 Å². The molecule has 2 aromatic carbocycles. The van der Waals surface area contributed by atoms with Crippen LogP contribution in [0.25, 0.3) is 16.6 Å². The Hall–Kier alpha value is -2.47. The number of nitrogens with two attached hydrogens (primary N) is 1. The van der Waals surface area contributed by atoms with Crippen molar-refractivity contribution in [1.82, 2.24) is 4.57 Å². The smallest absolute Gasteiger partial charge is 0.340 e. The largest absolute Gasteiger partial charge is 0.505 e. The molecule has 124 valence electrons. The van der Waals surface area contributed by atoms with Crippen LogP contribution in [0.2, 0.25) is 0 Å². The molecule has 0 unspecified atom stereocenters. The first-order chi connectivity index (χ1) is 11.5. The number of nitrogen functional groups attached to an aromatic ring is 1. The number of fused-ring (bicyclic) bond motifs is 1. The Morgan fingerprint density at radius 2 is 2.00 bits per heavy atom. The number of ether oxygens (including phenoxy) is 1. The van der Waals surface area contributed by atoms with Gasteiger partial charge in [0.25, 0.3) is 0 Å². The number of carbonyl (C=O) groups is 1. The molecule has 1 heterocycles. The van der Waals surface area contributed by atoms with E-state index in [1.54, 1.807) is 13.0 Å². The monoisotopic (exact) mass is 388 g/mol. The van der Waals surface area contributed by atoms with E-state index in [2.05, 4.69) is 15.9 Å². The number of esters is 1. The minimum Gasteiger partial charge on any atom is -0.505 e. The Bertz CT molecular complexity index is 933. The number of hydrogen-bond donors (Lipinski definition) is 2. The normalized spacial score (nSPS) is 11.0. The number of hydrogen-bond acceptors (Lipinski definition) is 4. The lowest BCUT2D eigenvalue weighted by Gasteiger charge is -2.09. The van der Waals surface area contributed by atoms with Gasteiger partial charge in [-0.2, -0.15) is 0 Å². The molecule has 3 aromatic rings. The first kappa shape index (κ1) is 16.4. The molecule has 0 saturated heterocycles. The van der Waals surface area contributed by atoms with Gasteiger partial charge in [-0.3, -0.25) is 0 Å². The molecule has 0 bridgehead atoms. The molecular weight excluding hydrogens is 372 g/mol. The standard InChI is InChI=1S/C18H17BrN2O3/c1-3-24-18(23)14-10(2)21(11-7-5-4-6-8-11)13-9-12(19)17(22)16(20)15(13)14/h4-9,22H,3,20H2,1-2H3. The fraction of sp³-hybridized carbons (Fsp3) is 0.167. The van der Waals surface area contributed by atoms with Crippen LogP contribution in [-0.4, -0.2) is 22.2 Å². The maximum atomic E-state index is 12.5. The Morgan fingerprint density at radius 1 is 1.33 bits per heavy atom. The van der Waals surface area contributed by atoms with Crippen molar-refractivity contribution in [1.29, 1.82) is 0 Å². The molecule has 3 rings (SSSR count). The van der Waals surface area contributed by atoms with E-state index < -0.39 is 5.97 Å². The average molecular weight is 389 g/mol. The van der Waals surface area contributed by atoms with Crippen LogP contribution in [0.1, 0.15) is 23.0 Å². The van der Waals surface area contributed by atoms with Gasteiger partial charge in [0.05, 0.1) is 27.8 Å². The second-order valence-electron chi connectivity index (χ2n) is 5.37. The number of benzene rings is 2. The number of aromatic nitrogens is 1. The molecule has 5 nitrogen and oxygen atoms in total. The number of halogens is 1. The summed E-state index contributed by atoms with van der Waals surface area (Å²) in [5.41, 5.74) is 8.97. The van der Waals surface area contributed by atoms with Crippen LogP contribution in [0.3, 0.4) is 0 Å². The Kier molecular flexibility index (Phi) is 4.24. The molecule has 0 aliphatic heterocycles. The van der Waals surface area contributed by atoms with E-state index in [1.807, 2.05) is 41.8 Å². The van der Waals surface area contributed by atoms with E-state index in [4.69, 9.17) is 10.5 Å². The maximum Gasteiger partial charge on any atom is 0.340 e. The molecule has 1 aromatic heterocycles. The van der Waals surface area contributed by atoms with E-state index in [0.717, 1.165) is 11.2 Å².